The van der Waals surface area contributed by atoms with E-state index in [9.17, 15) is 19.8 Å². The fraction of sp³-hybridized carbons (Fsp3) is 0.893. The van der Waals surface area contributed by atoms with E-state index in [1.807, 2.05) is 6.08 Å². The minimum atomic E-state index is -0.846. The lowest BCUT2D eigenvalue weighted by atomic mass is 10.0. The summed E-state index contributed by atoms with van der Waals surface area (Å²) < 4.78 is 5.48. The fourth-order valence-electron chi connectivity index (χ4n) is 8.45. The third-order valence-corrected chi connectivity index (χ3v) is 12.7. The van der Waals surface area contributed by atoms with E-state index in [0.717, 1.165) is 44.9 Å². The maximum atomic E-state index is 12.4. The zero-order chi connectivity index (χ0) is 45.1. The molecule has 0 aromatic carbocycles. The zero-order valence-corrected chi connectivity index (χ0v) is 41.6. The molecule has 0 radical (unpaired) electrons. The number of unbranched alkanes of at least 4 members (excludes halogenated alkanes) is 38. The Hall–Kier alpha value is -1.66. The molecule has 3 N–H and O–H groups in total. The number of amides is 1. The molecule has 0 saturated carbocycles. The number of carbonyl (C=O) groups excluding carboxylic acids is 2. The Balaban J connectivity index is 3.41. The van der Waals surface area contributed by atoms with Gasteiger partial charge in [0, 0.05) is 12.8 Å². The Labute approximate surface area is 386 Å². The first-order chi connectivity index (χ1) is 30.5. The number of ether oxygens (including phenoxy) is 1. The summed E-state index contributed by atoms with van der Waals surface area (Å²) in [5, 5.41) is 23.0. The molecule has 366 valence electrons. The van der Waals surface area contributed by atoms with E-state index in [4.69, 9.17) is 4.74 Å². The highest BCUT2D eigenvalue weighted by molar-refractivity contribution is 5.76. The van der Waals surface area contributed by atoms with Crippen LogP contribution in [0.5, 0.6) is 0 Å². The van der Waals surface area contributed by atoms with Crippen LogP contribution in [-0.2, 0) is 14.3 Å². The first kappa shape index (κ1) is 60.3. The van der Waals surface area contributed by atoms with Gasteiger partial charge in [-0.05, 0) is 57.8 Å². The van der Waals surface area contributed by atoms with E-state index in [-0.39, 0.29) is 18.5 Å². The number of aliphatic hydroxyl groups is 2. The van der Waals surface area contributed by atoms with E-state index in [1.54, 1.807) is 6.08 Å². The van der Waals surface area contributed by atoms with Crippen LogP contribution in [0.1, 0.15) is 296 Å². The monoisotopic (exact) mass is 874 g/mol. The molecule has 0 heterocycles. The van der Waals surface area contributed by atoms with E-state index in [1.165, 1.54) is 225 Å². The van der Waals surface area contributed by atoms with E-state index >= 15 is 0 Å². The predicted octanol–water partition coefficient (Wildman–Crippen LogP) is 16.7. The summed E-state index contributed by atoms with van der Waals surface area (Å²) in [7, 11) is 0. The summed E-state index contributed by atoms with van der Waals surface area (Å²) >= 11 is 0. The molecule has 2 atom stereocenters. The Morgan fingerprint density at radius 3 is 1.15 bits per heavy atom. The maximum Gasteiger partial charge on any atom is 0.305 e. The predicted molar refractivity (Wildman–Crippen MR) is 269 cm³/mol. The van der Waals surface area contributed by atoms with Gasteiger partial charge in [0.15, 0.2) is 0 Å². The highest BCUT2D eigenvalue weighted by atomic mass is 16.5. The normalized spacial score (nSPS) is 12.8. The maximum absolute atomic E-state index is 12.4. The number of hydrogen-bond acceptors (Lipinski definition) is 5. The van der Waals surface area contributed by atoms with Gasteiger partial charge >= 0.3 is 5.97 Å². The summed E-state index contributed by atoms with van der Waals surface area (Å²) in [5.41, 5.74) is 0. The zero-order valence-electron chi connectivity index (χ0n) is 41.6. The standard InChI is InChI=1S/C56H107NO5/c1-3-5-7-9-11-13-15-16-17-19-23-26-30-34-38-42-46-50-56(61)62-51-47-43-39-35-31-27-24-21-18-20-22-25-29-33-37-41-45-49-55(60)57-53(52-58)54(59)48-44-40-36-32-28-14-12-10-8-6-4-2/h16-17,44,48,53-54,58-59H,3-15,18-43,45-47,49-52H2,1-2H3,(H,57,60)/b17-16-,48-44+. The van der Waals surface area contributed by atoms with Crippen molar-refractivity contribution in [3.63, 3.8) is 0 Å². The molecule has 0 aliphatic rings. The van der Waals surface area contributed by atoms with E-state index < -0.39 is 12.1 Å². The number of esters is 1. The Morgan fingerprint density at radius 2 is 0.758 bits per heavy atom. The topological polar surface area (TPSA) is 95.9 Å². The number of carbonyl (C=O) groups is 2. The van der Waals surface area contributed by atoms with E-state index in [0.29, 0.717) is 19.4 Å². The van der Waals surface area contributed by atoms with Crippen molar-refractivity contribution >= 4 is 11.9 Å². The highest BCUT2D eigenvalue weighted by Crippen LogP contribution is 2.16. The number of hydrogen-bond donors (Lipinski definition) is 3. The molecule has 0 fully saturated rings. The number of aliphatic hydroxyl groups excluding tert-OH is 2. The molecule has 0 bridgehead atoms. The minimum absolute atomic E-state index is 0.000913. The van der Waals surface area contributed by atoms with Crippen LogP contribution < -0.4 is 5.32 Å². The van der Waals surface area contributed by atoms with Crippen LogP contribution in [0.15, 0.2) is 24.3 Å². The second-order valence-corrected chi connectivity index (χ2v) is 18.9. The van der Waals surface area contributed by atoms with Crippen molar-refractivity contribution in [3.8, 4) is 0 Å². The molecule has 1 amide bonds. The van der Waals surface area contributed by atoms with Gasteiger partial charge in [-0.2, -0.15) is 0 Å². The lowest BCUT2D eigenvalue weighted by Gasteiger charge is -2.20. The van der Waals surface area contributed by atoms with Gasteiger partial charge in [0.05, 0.1) is 25.4 Å². The molecule has 0 aromatic rings. The van der Waals surface area contributed by atoms with Crippen molar-refractivity contribution in [2.75, 3.05) is 13.2 Å². The summed E-state index contributed by atoms with van der Waals surface area (Å²) in [6, 6.07) is -0.630. The minimum Gasteiger partial charge on any atom is -0.466 e. The average Bonchev–Trinajstić information content (AvgIpc) is 3.27. The summed E-state index contributed by atoms with van der Waals surface area (Å²) in [4.78, 5) is 24.5. The summed E-state index contributed by atoms with van der Waals surface area (Å²) in [6.45, 7) is 4.88. The van der Waals surface area contributed by atoms with Gasteiger partial charge in [-0.15, -0.1) is 0 Å². The molecular weight excluding hydrogens is 767 g/mol. The molecule has 6 nitrogen and oxygen atoms in total. The van der Waals surface area contributed by atoms with Crippen molar-refractivity contribution in [1.82, 2.24) is 5.32 Å². The van der Waals surface area contributed by atoms with Crippen molar-refractivity contribution in [3.05, 3.63) is 24.3 Å². The van der Waals surface area contributed by atoms with Gasteiger partial charge in [-0.25, -0.2) is 0 Å². The smallest absolute Gasteiger partial charge is 0.305 e. The quantitative estimate of drug-likeness (QED) is 0.0321. The average molecular weight is 874 g/mol. The Morgan fingerprint density at radius 1 is 0.435 bits per heavy atom. The third kappa shape index (κ3) is 47.8. The van der Waals surface area contributed by atoms with E-state index in [2.05, 4.69) is 31.3 Å². The number of allylic oxidation sites excluding steroid dienone is 3. The molecule has 0 aliphatic heterocycles. The van der Waals surface area contributed by atoms with Crippen LogP contribution in [0.4, 0.5) is 0 Å². The molecule has 0 aromatic heterocycles. The van der Waals surface area contributed by atoms with Gasteiger partial charge in [0.2, 0.25) is 5.91 Å². The first-order valence-corrected chi connectivity index (χ1v) is 27.6. The largest absolute Gasteiger partial charge is 0.466 e. The van der Waals surface area contributed by atoms with Crippen LogP contribution in [-0.4, -0.2) is 47.4 Å². The summed E-state index contributed by atoms with van der Waals surface area (Å²) in [5.74, 6) is -0.0735. The number of rotatable bonds is 51. The van der Waals surface area contributed by atoms with Crippen LogP contribution in [0, 0.1) is 0 Å². The van der Waals surface area contributed by atoms with Gasteiger partial charge < -0.3 is 20.3 Å². The SMILES string of the molecule is CCCCCCCC/C=C\CCCCCCCCCC(=O)OCCCCCCCCCCCCCCCCCCCC(=O)NC(CO)C(O)/C=C/CCCCCCCCCCC. The molecule has 0 saturated heterocycles. The Bertz CT molecular complexity index is 966. The Kier molecular flexibility index (Phi) is 50.6. The van der Waals surface area contributed by atoms with Crippen molar-refractivity contribution in [2.45, 2.75) is 309 Å². The second kappa shape index (κ2) is 52.0. The summed E-state index contributed by atoms with van der Waals surface area (Å²) in [6.07, 6.45) is 61.9. The van der Waals surface area contributed by atoms with Crippen molar-refractivity contribution < 1.29 is 24.5 Å². The third-order valence-electron chi connectivity index (χ3n) is 12.7. The molecule has 0 spiro atoms. The van der Waals surface area contributed by atoms with Crippen molar-refractivity contribution in [1.29, 1.82) is 0 Å². The molecular formula is C56H107NO5. The van der Waals surface area contributed by atoms with Gasteiger partial charge in [0.25, 0.3) is 0 Å². The molecule has 0 rings (SSSR count). The van der Waals surface area contributed by atoms with Gasteiger partial charge in [-0.3, -0.25) is 9.59 Å². The second-order valence-electron chi connectivity index (χ2n) is 18.9. The molecule has 62 heavy (non-hydrogen) atoms. The van der Waals surface area contributed by atoms with Crippen LogP contribution >= 0.6 is 0 Å². The van der Waals surface area contributed by atoms with Gasteiger partial charge in [-0.1, -0.05) is 250 Å². The fourth-order valence-corrected chi connectivity index (χ4v) is 8.45. The lowest BCUT2D eigenvalue weighted by Crippen LogP contribution is -2.45. The van der Waals surface area contributed by atoms with Gasteiger partial charge in [0.1, 0.15) is 0 Å². The lowest BCUT2D eigenvalue weighted by molar-refractivity contribution is -0.143. The molecule has 2 unspecified atom stereocenters. The highest BCUT2D eigenvalue weighted by Gasteiger charge is 2.18. The van der Waals surface area contributed by atoms with Crippen molar-refractivity contribution in [2.24, 2.45) is 0 Å². The van der Waals surface area contributed by atoms with Crippen LogP contribution in [0.3, 0.4) is 0 Å². The number of nitrogens with one attached hydrogen (secondary N) is 1. The molecule has 0 aliphatic carbocycles. The van der Waals surface area contributed by atoms with Crippen LogP contribution in [0.2, 0.25) is 0 Å². The first-order valence-electron chi connectivity index (χ1n) is 27.6. The van der Waals surface area contributed by atoms with Crippen LogP contribution in [0.25, 0.3) is 0 Å². The molecule has 6 heteroatoms.